The summed E-state index contributed by atoms with van der Waals surface area (Å²) in [4.78, 5) is 53.5. The van der Waals surface area contributed by atoms with Crippen LogP contribution in [0, 0.1) is 0 Å². The van der Waals surface area contributed by atoms with Gasteiger partial charge in [0.05, 0.1) is 0 Å². The zero-order chi connectivity index (χ0) is 14.2. The molecule has 0 saturated carbocycles. The van der Waals surface area contributed by atoms with Crippen LogP contribution >= 0.6 is 0 Å². The highest BCUT2D eigenvalue weighted by Gasteiger charge is 2.21. The second-order valence-electron chi connectivity index (χ2n) is 3.22. The average Bonchev–Trinajstić information content (AvgIpc) is 2.25. The molecule has 0 bridgehead atoms. The van der Waals surface area contributed by atoms with Crippen molar-refractivity contribution in [2.24, 2.45) is 9.98 Å². The van der Waals surface area contributed by atoms with Crippen molar-refractivity contribution < 1.29 is 19.8 Å². The number of imide groups is 1. The SMILES string of the molecule is O=C1N=C([O-])C(=Nc2c([O-])[nH]c(=O)[nH]c2=O)C(=O)N1. The Labute approximate surface area is 102 Å². The van der Waals surface area contributed by atoms with Crippen LogP contribution in [0.15, 0.2) is 19.6 Å². The second-order valence-corrected chi connectivity index (χ2v) is 3.22. The van der Waals surface area contributed by atoms with Gasteiger partial charge in [0.15, 0.2) is 0 Å². The number of aromatic nitrogens is 2. The first kappa shape index (κ1) is 12.2. The molecule has 98 valence electrons. The highest BCUT2D eigenvalue weighted by Crippen LogP contribution is 2.13. The maximum absolute atomic E-state index is 11.3. The van der Waals surface area contributed by atoms with Crippen LogP contribution in [0.25, 0.3) is 0 Å². The largest absolute Gasteiger partial charge is 0.858 e. The number of urea groups is 1. The second kappa shape index (κ2) is 4.21. The summed E-state index contributed by atoms with van der Waals surface area (Å²) in [5, 5.41) is 24.2. The molecule has 0 saturated heterocycles. The number of nitrogens with one attached hydrogen (secondary N) is 3. The van der Waals surface area contributed by atoms with E-state index in [-0.39, 0.29) is 0 Å². The van der Waals surface area contributed by atoms with Crippen LogP contribution < -0.4 is 26.8 Å². The minimum atomic E-state index is -1.29. The molecule has 1 aliphatic rings. The van der Waals surface area contributed by atoms with Crippen molar-refractivity contribution in [2.45, 2.75) is 0 Å². The van der Waals surface area contributed by atoms with Gasteiger partial charge in [-0.15, -0.1) is 0 Å². The van der Waals surface area contributed by atoms with E-state index in [0.717, 1.165) is 0 Å². The van der Waals surface area contributed by atoms with E-state index in [4.69, 9.17) is 0 Å². The number of nitrogens with zero attached hydrogens (tertiary/aromatic N) is 2. The maximum atomic E-state index is 11.3. The lowest BCUT2D eigenvalue weighted by molar-refractivity contribution is -0.274. The number of hydrogen-bond donors (Lipinski definition) is 3. The van der Waals surface area contributed by atoms with E-state index in [9.17, 15) is 29.4 Å². The summed E-state index contributed by atoms with van der Waals surface area (Å²) in [6, 6.07) is -1.17. The predicted molar refractivity (Wildman–Crippen MR) is 55.2 cm³/mol. The maximum Gasteiger partial charge on any atom is 0.347 e. The minimum absolute atomic E-state index is 0.873. The molecule has 1 aromatic heterocycles. The van der Waals surface area contributed by atoms with Gasteiger partial charge in [0, 0.05) is 5.90 Å². The molecule has 1 aliphatic heterocycles. The van der Waals surface area contributed by atoms with Crippen molar-refractivity contribution >= 4 is 29.2 Å². The van der Waals surface area contributed by atoms with Gasteiger partial charge in [-0.2, -0.15) is 0 Å². The molecule has 11 heteroatoms. The molecule has 2 rings (SSSR count). The Balaban J connectivity index is 2.62. The lowest BCUT2D eigenvalue weighted by Crippen LogP contribution is -2.48. The zero-order valence-corrected chi connectivity index (χ0v) is 8.84. The molecule has 0 fully saturated rings. The van der Waals surface area contributed by atoms with E-state index in [1.807, 2.05) is 0 Å². The first-order valence-corrected chi connectivity index (χ1v) is 4.62. The van der Waals surface area contributed by atoms with Gasteiger partial charge in [-0.1, -0.05) is 0 Å². The van der Waals surface area contributed by atoms with Crippen LogP contribution in [0.5, 0.6) is 5.88 Å². The van der Waals surface area contributed by atoms with Gasteiger partial charge < -0.3 is 15.2 Å². The number of aliphatic imine (C=N–C) groups is 2. The fraction of sp³-hybridized carbons (Fsp3) is 0. The lowest BCUT2D eigenvalue weighted by Gasteiger charge is -2.17. The first-order chi connectivity index (χ1) is 8.88. The van der Waals surface area contributed by atoms with Crippen molar-refractivity contribution in [1.29, 1.82) is 0 Å². The summed E-state index contributed by atoms with van der Waals surface area (Å²) in [6.45, 7) is 0. The molecule has 3 amide bonds. The van der Waals surface area contributed by atoms with Crippen molar-refractivity contribution in [1.82, 2.24) is 15.3 Å². The van der Waals surface area contributed by atoms with Gasteiger partial charge in [0.25, 0.3) is 11.5 Å². The number of amides is 3. The Bertz CT molecular complexity index is 754. The fourth-order valence-corrected chi connectivity index (χ4v) is 1.20. The average molecular weight is 265 g/mol. The van der Waals surface area contributed by atoms with Gasteiger partial charge in [-0.05, 0) is 5.88 Å². The van der Waals surface area contributed by atoms with E-state index in [2.05, 4.69) is 9.98 Å². The van der Waals surface area contributed by atoms with Gasteiger partial charge in [-0.25, -0.2) is 19.6 Å². The molecule has 3 N–H and O–H groups in total. The number of H-pyrrole nitrogens is 2. The fourth-order valence-electron chi connectivity index (χ4n) is 1.20. The minimum Gasteiger partial charge on any atom is -0.858 e. The normalized spacial score (nSPS) is 17.3. The molecule has 0 spiro atoms. The van der Waals surface area contributed by atoms with Gasteiger partial charge >= 0.3 is 11.7 Å². The molecule has 0 atom stereocenters. The zero-order valence-electron chi connectivity index (χ0n) is 8.84. The van der Waals surface area contributed by atoms with Crippen LogP contribution in [0.1, 0.15) is 0 Å². The molecule has 0 aliphatic carbocycles. The van der Waals surface area contributed by atoms with Crippen LogP contribution in [-0.2, 0) is 4.79 Å². The Kier molecular flexibility index (Phi) is 2.71. The Morgan fingerprint density at radius 2 is 1.74 bits per heavy atom. The first-order valence-electron chi connectivity index (χ1n) is 4.62. The molecule has 11 nitrogen and oxygen atoms in total. The standard InChI is InChI=1S/C8H5N5O6/c14-3-1(4(15)11-7(18)10-3)9-2-5(16)12-8(19)13-6(2)17/h(H2,10,11,14,15,18)(H3,12,13,16,17,19)/p-2. The van der Waals surface area contributed by atoms with E-state index >= 15 is 0 Å². The lowest BCUT2D eigenvalue weighted by atomic mass is 10.3. The topological polar surface area (TPSA) is 183 Å². The van der Waals surface area contributed by atoms with Crippen LogP contribution in [0.2, 0.25) is 0 Å². The quantitative estimate of drug-likeness (QED) is 0.467. The molecule has 1 aromatic rings. The van der Waals surface area contributed by atoms with E-state index in [1.54, 1.807) is 15.3 Å². The van der Waals surface area contributed by atoms with Crippen molar-refractivity contribution in [3.63, 3.8) is 0 Å². The molecule has 2 heterocycles. The van der Waals surface area contributed by atoms with Gasteiger partial charge in [0.2, 0.25) is 0 Å². The highest BCUT2D eigenvalue weighted by atomic mass is 16.3. The Hall–Kier alpha value is -3.24. The number of rotatable bonds is 1. The van der Waals surface area contributed by atoms with Crippen molar-refractivity contribution in [3.8, 4) is 5.88 Å². The van der Waals surface area contributed by atoms with Crippen molar-refractivity contribution in [2.75, 3.05) is 0 Å². The third-order valence-corrected chi connectivity index (χ3v) is 1.95. The van der Waals surface area contributed by atoms with Crippen LogP contribution in [0.4, 0.5) is 10.5 Å². The number of carbonyl (C=O) groups excluding carboxylic acids is 2. The van der Waals surface area contributed by atoms with E-state index < -0.39 is 46.4 Å². The van der Waals surface area contributed by atoms with Gasteiger partial charge in [-0.3, -0.25) is 19.9 Å². The molecular weight excluding hydrogens is 262 g/mol. The summed E-state index contributed by atoms with van der Waals surface area (Å²) in [5.41, 5.74) is -4.02. The Morgan fingerprint density at radius 1 is 1.05 bits per heavy atom. The molecule has 0 aromatic carbocycles. The monoisotopic (exact) mass is 265 g/mol. The number of hydrogen-bond acceptors (Lipinski definition) is 7. The third-order valence-electron chi connectivity index (χ3n) is 1.95. The predicted octanol–water partition coefficient (Wildman–Crippen LogP) is -3.78. The third kappa shape index (κ3) is 2.24. The molecule has 0 unspecified atom stereocenters. The van der Waals surface area contributed by atoms with Crippen LogP contribution in [-0.4, -0.2) is 33.5 Å². The highest BCUT2D eigenvalue weighted by molar-refractivity contribution is 6.67. The summed E-state index contributed by atoms with van der Waals surface area (Å²) in [5.74, 6) is -3.67. The van der Waals surface area contributed by atoms with Crippen LogP contribution in [0.3, 0.4) is 0 Å². The summed E-state index contributed by atoms with van der Waals surface area (Å²) >= 11 is 0. The smallest absolute Gasteiger partial charge is 0.347 e. The summed E-state index contributed by atoms with van der Waals surface area (Å²) in [7, 11) is 0. The van der Waals surface area contributed by atoms with E-state index in [1.165, 1.54) is 0 Å². The number of aromatic amines is 2. The number of carbonyl (C=O) groups is 2. The molecule has 19 heavy (non-hydrogen) atoms. The van der Waals surface area contributed by atoms with E-state index in [0.29, 0.717) is 0 Å². The summed E-state index contributed by atoms with van der Waals surface area (Å²) in [6.07, 6.45) is 0. The summed E-state index contributed by atoms with van der Waals surface area (Å²) < 4.78 is 0. The molecule has 0 radical (unpaired) electrons. The molecular formula is C8H3N5O6-2. The van der Waals surface area contributed by atoms with Gasteiger partial charge in [0.1, 0.15) is 11.4 Å². The van der Waals surface area contributed by atoms with Crippen molar-refractivity contribution in [3.05, 3.63) is 20.8 Å². The Morgan fingerprint density at radius 3 is 2.32 bits per heavy atom.